The van der Waals surface area contributed by atoms with Crippen LogP contribution >= 0.6 is 0 Å². The molecule has 1 heteroatoms. The summed E-state index contributed by atoms with van der Waals surface area (Å²) in [6, 6.07) is 0. The molecule has 0 spiro atoms. The lowest BCUT2D eigenvalue weighted by Crippen LogP contribution is -2.20. The lowest BCUT2D eigenvalue weighted by Gasteiger charge is -2.24. The van der Waals surface area contributed by atoms with Gasteiger partial charge in [0, 0.05) is 6.42 Å². The molecule has 1 rings (SSSR count). The summed E-state index contributed by atoms with van der Waals surface area (Å²) >= 11 is 0. The Bertz CT molecular complexity index is 217. The smallest absolute Gasteiger partial charge is 0.168 e. The molecule has 2 unspecified atom stereocenters. The van der Waals surface area contributed by atoms with Gasteiger partial charge in [-0.25, -0.2) is 4.39 Å². The second-order valence-electron chi connectivity index (χ2n) is 4.58. The lowest BCUT2D eigenvalue weighted by atomic mass is 9.83. The van der Waals surface area contributed by atoms with E-state index in [1.807, 2.05) is 0 Å². The molecule has 0 saturated carbocycles. The molecular weight excluding hydrogens is 163 g/mol. The highest BCUT2D eigenvalue weighted by Gasteiger charge is 2.24. The highest BCUT2D eigenvalue weighted by atomic mass is 19.1. The zero-order valence-electron chi connectivity index (χ0n) is 8.86. The minimum atomic E-state index is -1.24. The van der Waals surface area contributed by atoms with Crippen LogP contribution in [0.1, 0.15) is 46.5 Å². The van der Waals surface area contributed by atoms with Crippen LogP contribution in [0.25, 0.3) is 0 Å². The minimum absolute atomic E-state index is 0.600. The van der Waals surface area contributed by atoms with Crippen LogP contribution in [0.5, 0.6) is 0 Å². The first-order valence-electron chi connectivity index (χ1n) is 5.20. The van der Waals surface area contributed by atoms with E-state index in [1.54, 1.807) is 6.92 Å². The second-order valence-corrected chi connectivity index (χ2v) is 4.58. The molecular formula is C12H19F. The Hall–Kier alpha value is -0.510. The van der Waals surface area contributed by atoms with Crippen molar-refractivity contribution < 1.29 is 4.39 Å². The van der Waals surface area contributed by atoms with Gasteiger partial charge in [0.2, 0.25) is 0 Å². The van der Waals surface area contributed by atoms with E-state index < -0.39 is 5.67 Å². The molecule has 0 aromatic rings. The van der Waals surface area contributed by atoms with Gasteiger partial charge in [0.05, 0.1) is 0 Å². The van der Waals surface area contributed by atoms with E-state index in [0.717, 1.165) is 19.3 Å². The number of hydrogen-bond donors (Lipinski definition) is 0. The number of alkyl halides is 1. The van der Waals surface area contributed by atoms with Crippen molar-refractivity contribution >= 4 is 0 Å². The molecule has 0 N–H and O–H groups in total. The van der Waals surface area contributed by atoms with E-state index in [0.29, 0.717) is 18.3 Å². The Kier molecular flexibility index (Phi) is 3.36. The maximum Gasteiger partial charge on any atom is 0.168 e. The highest BCUT2D eigenvalue weighted by Crippen LogP contribution is 2.28. The Balaban J connectivity index is 2.60. The van der Waals surface area contributed by atoms with Gasteiger partial charge in [0.1, 0.15) is 0 Å². The Morgan fingerprint density at radius 2 is 2.08 bits per heavy atom. The summed E-state index contributed by atoms with van der Waals surface area (Å²) < 4.78 is 13.6. The van der Waals surface area contributed by atoms with Crippen molar-refractivity contribution in [3.8, 4) is 11.8 Å². The van der Waals surface area contributed by atoms with Crippen LogP contribution in [0.2, 0.25) is 0 Å². The third-order valence-electron chi connectivity index (χ3n) is 2.92. The maximum absolute atomic E-state index is 13.6. The fourth-order valence-electron chi connectivity index (χ4n) is 1.83. The zero-order valence-corrected chi connectivity index (χ0v) is 8.86. The molecule has 0 bridgehead atoms. The molecule has 13 heavy (non-hydrogen) atoms. The van der Waals surface area contributed by atoms with Crippen molar-refractivity contribution in [1.29, 1.82) is 0 Å². The molecule has 0 radical (unpaired) electrons. The molecule has 74 valence electrons. The third-order valence-corrected chi connectivity index (χ3v) is 2.92. The van der Waals surface area contributed by atoms with Gasteiger partial charge in [-0.15, -0.1) is 0 Å². The van der Waals surface area contributed by atoms with Crippen molar-refractivity contribution in [2.45, 2.75) is 52.1 Å². The van der Waals surface area contributed by atoms with E-state index in [2.05, 4.69) is 25.7 Å². The molecule has 0 aromatic carbocycles. The fraction of sp³-hybridized carbons (Fsp3) is 0.833. The largest absolute Gasteiger partial charge is 0.230 e. The molecule has 0 aromatic heterocycles. The summed E-state index contributed by atoms with van der Waals surface area (Å²) in [7, 11) is 0. The Labute approximate surface area is 80.9 Å². The number of rotatable bonds is 1. The first kappa shape index (κ1) is 10.6. The minimum Gasteiger partial charge on any atom is -0.230 e. The van der Waals surface area contributed by atoms with Crippen LogP contribution in [0.3, 0.4) is 0 Å². The molecule has 1 aliphatic carbocycles. The van der Waals surface area contributed by atoms with Crippen molar-refractivity contribution in [3.63, 3.8) is 0 Å². The molecule has 1 aliphatic rings. The van der Waals surface area contributed by atoms with Gasteiger partial charge >= 0.3 is 0 Å². The summed E-state index contributed by atoms with van der Waals surface area (Å²) in [5.41, 5.74) is -1.24. The predicted octanol–water partition coefficient (Wildman–Crippen LogP) is 3.56. The molecule has 0 saturated heterocycles. The van der Waals surface area contributed by atoms with Gasteiger partial charge in [0.15, 0.2) is 5.67 Å². The maximum atomic E-state index is 13.6. The van der Waals surface area contributed by atoms with Gasteiger partial charge in [-0.3, -0.25) is 0 Å². The monoisotopic (exact) mass is 182 g/mol. The van der Waals surface area contributed by atoms with Gasteiger partial charge in [0.25, 0.3) is 0 Å². The van der Waals surface area contributed by atoms with Crippen LogP contribution in [0, 0.1) is 23.7 Å². The van der Waals surface area contributed by atoms with Crippen LogP contribution in [-0.2, 0) is 0 Å². The molecule has 0 heterocycles. The number of hydrogen-bond acceptors (Lipinski definition) is 0. The molecule has 0 aliphatic heterocycles. The van der Waals surface area contributed by atoms with Gasteiger partial charge in [-0.1, -0.05) is 25.7 Å². The molecule has 0 fully saturated rings. The van der Waals surface area contributed by atoms with Gasteiger partial charge in [-0.2, -0.15) is 0 Å². The highest BCUT2D eigenvalue weighted by molar-refractivity contribution is 5.13. The first-order chi connectivity index (χ1) is 6.01. The zero-order chi connectivity index (χ0) is 9.90. The molecule has 0 nitrogen and oxygen atoms in total. The predicted molar refractivity (Wildman–Crippen MR) is 54.1 cm³/mol. The summed E-state index contributed by atoms with van der Waals surface area (Å²) in [6.45, 7) is 6.03. The van der Waals surface area contributed by atoms with Crippen LogP contribution in [0.15, 0.2) is 0 Å². The van der Waals surface area contributed by atoms with Crippen molar-refractivity contribution in [2.75, 3.05) is 0 Å². The summed E-state index contributed by atoms with van der Waals surface area (Å²) in [6.07, 6.45) is 3.59. The van der Waals surface area contributed by atoms with Crippen molar-refractivity contribution in [3.05, 3.63) is 0 Å². The standard InChI is InChI=1S/C12H19F/c1-10(2)11-6-4-5-8-12(3,13)9-7-11/h10-11H,4,6-7,9H2,1-3H3. The van der Waals surface area contributed by atoms with E-state index in [1.165, 1.54) is 0 Å². The van der Waals surface area contributed by atoms with E-state index in [4.69, 9.17) is 0 Å². The van der Waals surface area contributed by atoms with Gasteiger partial charge < -0.3 is 0 Å². The van der Waals surface area contributed by atoms with Gasteiger partial charge in [-0.05, 0) is 38.0 Å². The van der Waals surface area contributed by atoms with Crippen LogP contribution < -0.4 is 0 Å². The van der Waals surface area contributed by atoms with Crippen LogP contribution in [0.4, 0.5) is 4.39 Å². The topological polar surface area (TPSA) is 0 Å². The van der Waals surface area contributed by atoms with E-state index in [9.17, 15) is 4.39 Å². The summed E-state index contributed by atoms with van der Waals surface area (Å²) in [5.74, 6) is 6.96. The summed E-state index contributed by atoms with van der Waals surface area (Å²) in [5, 5.41) is 0. The Morgan fingerprint density at radius 1 is 1.38 bits per heavy atom. The van der Waals surface area contributed by atoms with Crippen molar-refractivity contribution in [2.24, 2.45) is 11.8 Å². The average Bonchev–Trinajstić information content (AvgIpc) is 1.98. The second kappa shape index (κ2) is 4.13. The van der Waals surface area contributed by atoms with E-state index >= 15 is 0 Å². The average molecular weight is 182 g/mol. The van der Waals surface area contributed by atoms with E-state index in [-0.39, 0.29) is 0 Å². The SMILES string of the molecule is CC(C)C1CCC#CC(C)(F)CC1. The molecule has 0 amide bonds. The number of halogens is 1. The first-order valence-corrected chi connectivity index (χ1v) is 5.20. The normalized spacial score (nSPS) is 34.7. The fourth-order valence-corrected chi connectivity index (χ4v) is 1.83. The summed E-state index contributed by atoms with van der Waals surface area (Å²) in [4.78, 5) is 0. The quantitative estimate of drug-likeness (QED) is 0.544. The lowest BCUT2D eigenvalue weighted by molar-refractivity contribution is 0.210. The van der Waals surface area contributed by atoms with Crippen molar-refractivity contribution in [1.82, 2.24) is 0 Å². The Morgan fingerprint density at radius 3 is 2.69 bits per heavy atom. The van der Waals surface area contributed by atoms with Crippen LogP contribution in [-0.4, -0.2) is 5.67 Å². The molecule has 2 atom stereocenters. The third kappa shape index (κ3) is 3.38.